The standard InChI is InChI=1S/C37H34NO6PS/c1-36(2,35(39)41-38-26-16-15-25-33(38)46)34(32-27-37(32,28-17-7-3-8-18-28)29-19-9-4-10-20-29)44-45(40,42-30-21-11-5-12-22-30)43-31-23-13-6-14-24-31/h3-26,32,34H,27H2,1-2H3. The highest BCUT2D eigenvalue weighted by molar-refractivity contribution is 7.71. The van der Waals surface area contributed by atoms with Crippen LogP contribution in [0, 0.1) is 16.0 Å². The lowest BCUT2D eigenvalue weighted by molar-refractivity contribution is -0.161. The van der Waals surface area contributed by atoms with Crippen LogP contribution < -0.4 is 13.9 Å². The molecule has 1 fully saturated rings. The lowest BCUT2D eigenvalue weighted by atomic mass is 9.78. The van der Waals surface area contributed by atoms with Crippen LogP contribution in [0.1, 0.15) is 31.4 Å². The Morgan fingerprint density at radius 2 is 1.22 bits per heavy atom. The summed E-state index contributed by atoms with van der Waals surface area (Å²) in [5.74, 6) is -0.349. The van der Waals surface area contributed by atoms with Gasteiger partial charge in [0.05, 0.1) is 11.5 Å². The molecule has 1 aromatic heterocycles. The molecular formula is C37H34NO6PS. The topological polar surface area (TPSA) is 76.0 Å². The van der Waals surface area contributed by atoms with Crippen molar-refractivity contribution < 1.29 is 27.8 Å². The van der Waals surface area contributed by atoms with Gasteiger partial charge >= 0.3 is 13.8 Å². The van der Waals surface area contributed by atoms with E-state index < -0.39 is 30.7 Å². The molecule has 1 aliphatic rings. The van der Waals surface area contributed by atoms with Crippen molar-refractivity contribution in [2.45, 2.75) is 31.8 Å². The molecule has 46 heavy (non-hydrogen) atoms. The zero-order chi connectivity index (χ0) is 32.2. The summed E-state index contributed by atoms with van der Waals surface area (Å²) in [6.07, 6.45) is 1.18. The van der Waals surface area contributed by atoms with Gasteiger partial charge in [-0.3, -0.25) is 4.52 Å². The lowest BCUT2D eigenvalue weighted by Crippen LogP contribution is -2.46. The Morgan fingerprint density at radius 3 is 1.70 bits per heavy atom. The molecular weight excluding hydrogens is 617 g/mol. The predicted molar refractivity (Wildman–Crippen MR) is 179 cm³/mol. The summed E-state index contributed by atoms with van der Waals surface area (Å²) in [5, 5.41) is 0. The fourth-order valence-electron chi connectivity index (χ4n) is 5.90. The molecule has 0 saturated heterocycles. The van der Waals surface area contributed by atoms with Gasteiger partial charge in [0.15, 0.2) is 0 Å². The first-order valence-electron chi connectivity index (χ1n) is 15.0. The van der Waals surface area contributed by atoms with E-state index in [0.29, 0.717) is 22.6 Å². The third-order valence-corrected chi connectivity index (χ3v) is 10.00. The highest BCUT2D eigenvalue weighted by Gasteiger charge is 2.65. The summed E-state index contributed by atoms with van der Waals surface area (Å²) in [6, 6.07) is 42.7. The molecule has 0 N–H and O–H groups in total. The zero-order valence-electron chi connectivity index (χ0n) is 25.5. The van der Waals surface area contributed by atoms with E-state index in [1.807, 2.05) is 48.5 Å². The number of pyridine rings is 1. The summed E-state index contributed by atoms with van der Waals surface area (Å²) in [4.78, 5) is 19.9. The van der Waals surface area contributed by atoms with E-state index in [-0.39, 0.29) is 5.92 Å². The molecule has 234 valence electrons. The molecule has 1 aliphatic carbocycles. The number of rotatable bonds is 12. The number of phosphoric ester groups is 1. The summed E-state index contributed by atoms with van der Waals surface area (Å²) >= 11 is 5.39. The second-order valence-electron chi connectivity index (χ2n) is 11.8. The van der Waals surface area contributed by atoms with E-state index in [4.69, 9.17) is 30.6 Å². The number of nitrogens with zero attached hydrogens (tertiary/aromatic N) is 1. The van der Waals surface area contributed by atoms with Crippen LogP contribution in [0.15, 0.2) is 146 Å². The molecule has 0 aliphatic heterocycles. The first-order valence-corrected chi connectivity index (χ1v) is 16.9. The molecule has 0 spiro atoms. The van der Waals surface area contributed by atoms with Crippen molar-refractivity contribution in [2.24, 2.45) is 11.3 Å². The van der Waals surface area contributed by atoms with E-state index in [1.54, 1.807) is 86.8 Å². The minimum Gasteiger partial charge on any atom is -0.395 e. The molecule has 0 bridgehead atoms. The average molecular weight is 652 g/mol. The Bertz CT molecular complexity index is 1800. The molecule has 0 radical (unpaired) electrons. The lowest BCUT2D eigenvalue weighted by Gasteiger charge is -2.35. The van der Waals surface area contributed by atoms with E-state index in [1.165, 1.54) is 4.73 Å². The van der Waals surface area contributed by atoms with Crippen molar-refractivity contribution in [1.82, 2.24) is 4.73 Å². The van der Waals surface area contributed by atoms with Gasteiger partial charge in [-0.25, -0.2) is 9.36 Å². The van der Waals surface area contributed by atoms with Crippen molar-refractivity contribution in [3.63, 3.8) is 0 Å². The molecule has 2 unspecified atom stereocenters. The molecule has 1 saturated carbocycles. The second-order valence-corrected chi connectivity index (χ2v) is 13.6. The number of hydrogen-bond donors (Lipinski definition) is 0. The fraction of sp³-hybridized carbons (Fsp3) is 0.189. The van der Waals surface area contributed by atoms with Crippen molar-refractivity contribution in [2.75, 3.05) is 0 Å². The first-order chi connectivity index (χ1) is 22.2. The first kappa shape index (κ1) is 31.5. The fourth-order valence-corrected chi connectivity index (χ4v) is 7.64. The maximum Gasteiger partial charge on any atom is 0.587 e. The van der Waals surface area contributed by atoms with Crippen LogP contribution in [-0.4, -0.2) is 16.8 Å². The van der Waals surface area contributed by atoms with Gasteiger partial charge in [-0.1, -0.05) is 115 Å². The SMILES string of the molecule is CC(C)(C(=O)On1ccccc1=S)C(OP(=O)(Oc1ccccc1)Oc1ccccc1)C1CC1(c1ccccc1)c1ccccc1. The molecule has 7 nitrogen and oxygen atoms in total. The van der Waals surface area contributed by atoms with Crippen LogP contribution in [0.3, 0.4) is 0 Å². The van der Waals surface area contributed by atoms with Gasteiger partial charge in [0.2, 0.25) is 0 Å². The zero-order valence-corrected chi connectivity index (χ0v) is 27.2. The average Bonchev–Trinajstić information content (AvgIpc) is 3.83. The molecule has 1 heterocycles. The van der Waals surface area contributed by atoms with Crippen LogP contribution in [0.25, 0.3) is 0 Å². The Balaban J connectivity index is 1.45. The van der Waals surface area contributed by atoms with Gasteiger partial charge in [-0.2, -0.15) is 4.73 Å². The number of benzene rings is 4. The van der Waals surface area contributed by atoms with Crippen LogP contribution >= 0.6 is 20.0 Å². The normalized spacial score (nSPS) is 16.2. The monoisotopic (exact) mass is 651 g/mol. The Kier molecular flexibility index (Phi) is 8.96. The van der Waals surface area contributed by atoms with E-state index in [0.717, 1.165) is 11.1 Å². The van der Waals surface area contributed by atoms with Gasteiger partial charge in [0.25, 0.3) is 0 Å². The van der Waals surface area contributed by atoms with Gasteiger partial charge in [0, 0.05) is 17.5 Å². The van der Waals surface area contributed by atoms with Crippen LogP contribution in [-0.2, 0) is 19.3 Å². The molecule has 9 heteroatoms. The predicted octanol–water partition coefficient (Wildman–Crippen LogP) is 8.86. The molecule has 2 atom stereocenters. The maximum atomic E-state index is 14.8. The summed E-state index contributed by atoms with van der Waals surface area (Å²) in [6.45, 7) is 3.45. The van der Waals surface area contributed by atoms with E-state index in [9.17, 15) is 9.36 Å². The number of carbonyl (C=O) groups excluding carboxylic acids is 1. The third-order valence-electron chi connectivity index (χ3n) is 8.33. The number of hydrogen-bond acceptors (Lipinski definition) is 7. The molecule has 5 aromatic rings. The van der Waals surface area contributed by atoms with Gasteiger partial charge in [-0.15, -0.1) is 0 Å². The number of phosphoric acid groups is 1. The quantitative estimate of drug-likeness (QED) is 0.0986. The van der Waals surface area contributed by atoms with E-state index >= 15 is 0 Å². The number of carbonyl (C=O) groups is 1. The minimum absolute atomic E-state index is 0.296. The highest BCUT2D eigenvalue weighted by Crippen LogP contribution is 2.66. The van der Waals surface area contributed by atoms with Gasteiger partial charge in [-0.05, 0) is 67.8 Å². The summed E-state index contributed by atoms with van der Waals surface area (Å²) in [5.41, 5.74) is 0.197. The van der Waals surface area contributed by atoms with Crippen molar-refractivity contribution in [1.29, 1.82) is 0 Å². The van der Waals surface area contributed by atoms with Gasteiger partial charge in [0.1, 0.15) is 16.1 Å². The molecule has 0 amide bonds. The Hall–Kier alpha value is -4.49. The Labute approximate surface area is 273 Å². The van der Waals surface area contributed by atoms with Crippen LogP contribution in [0.2, 0.25) is 0 Å². The van der Waals surface area contributed by atoms with Gasteiger partial charge < -0.3 is 13.9 Å². The van der Waals surface area contributed by atoms with Crippen molar-refractivity contribution >= 4 is 26.0 Å². The summed E-state index contributed by atoms with van der Waals surface area (Å²) in [7, 11) is -4.44. The largest absolute Gasteiger partial charge is 0.587 e. The van der Waals surface area contributed by atoms with Crippen LogP contribution in [0.5, 0.6) is 11.5 Å². The van der Waals surface area contributed by atoms with E-state index in [2.05, 4.69) is 24.3 Å². The number of aromatic nitrogens is 1. The molecule has 4 aromatic carbocycles. The minimum atomic E-state index is -4.44. The Morgan fingerprint density at radius 1 is 0.761 bits per heavy atom. The molecule has 6 rings (SSSR count). The van der Waals surface area contributed by atoms with Crippen LogP contribution in [0.4, 0.5) is 0 Å². The second kappa shape index (κ2) is 13.1. The maximum absolute atomic E-state index is 14.8. The smallest absolute Gasteiger partial charge is 0.395 e. The van der Waals surface area contributed by atoms with Crippen molar-refractivity contribution in [3.05, 3.63) is 161 Å². The summed E-state index contributed by atoms with van der Waals surface area (Å²) < 4.78 is 35.1. The third kappa shape index (κ3) is 6.56. The highest BCUT2D eigenvalue weighted by atomic mass is 32.1. The number of para-hydroxylation sites is 2. The van der Waals surface area contributed by atoms with Crippen molar-refractivity contribution in [3.8, 4) is 11.5 Å².